The van der Waals surface area contributed by atoms with E-state index in [0.29, 0.717) is 5.16 Å². The fourth-order valence-electron chi connectivity index (χ4n) is 1.86. The average Bonchev–Trinajstić information content (AvgIpc) is 2.40. The lowest BCUT2D eigenvalue weighted by atomic mass is 9.87. The van der Waals surface area contributed by atoms with Crippen molar-refractivity contribution in [3.63, 3.8) is 0 Å². The van der Waals surface area contributed by atoms with Gasteiger partial charge in [-0.05, 0) is 38.3 Å². The second kappa shape index (κ2) is 6.47. The Hall–Kier alpha value is -0.260. The molecule has 0 aliphatic rings. The minimum atomic E-state index is -2.81. The fourth-order valence-corrected chi connectivity index (χ4v) is 6.37. The van der Waals surface area contributed by atoms with E-state index < -0.39 is 5.47 Å². The molecule has 0 aliphatic heterocycles. The van der Waals surface area contributed by atoms with Crippen molar-refractivity contribution in [2.45, 2.75) is 31.3 Å². The van der Waals surface area contributed by atoms with Gasteiger partial charge in [-0.1, -0.05) is 56.8 Å². The Morgan fingerprint density at radius 2 is 1.76 bits per heavy atom. The highest BCUT2D eigenvalue weighted by atomic mass is 79.9. The lowest BCUT2D eigenvalue weighted by molar-refractivity contribution is 0.591. The van der Waals surface area contributed by atoms with E-state index in [1.165, 1.54) is 11.4 Å². The van der Waals surface area contributed by atoms with Gasteiger partial charge in [0.2, 0.25) is 0 Å². The molecule has 1 heterocycles. The van der Waals surface area contributed by atoms with Crippen molar-refractivity contribution in [3.05, 3.63) is 46.7 Å². The summed E-state index contributed by atoms with van der Waals surface area (Å²) in [6.45, 7) is 6.34. The van der Waals surface area contributed by atoms with Gasteiger partial charge in [-0.25, -0.2) is 9.97 Å². The summed E-state index contributed by atoms with van der Waals surface area (Å²) < 4.78 is 0.799. The van der Waals surface area contributed by atoms with Gasteiger partial charge in [0.05, 0.1) is 4.47 Å². The molecule has 21 heavy (non-hydrogen) atoms. The lowest BCUT2D eigenvalue weighted by Crippen LogP contribution is -2.22. The number of hydrogen-bond acceptors (Lipinski definition) is 4. The largest absolute Gasteiger partial charge is 0.354 e. The van der Waals surface area contributed by atoms with Crippen LogP contribution in [0.5, 0.6) is 0 Å². The van der Waals surface area contributed by atoms with Crippen LogP contribution in [0.25, 0.3) is 0 Å². The monoisotopic (exact) mass is 402 g/mol. The van der Waals surface area contributed by atoms with Crippen LogP contribution in [0, 0.1) is 0 Å². The van der Waals surface area contributed by atoms with E-state index in [0.717, 1.165) is 15.3 Å². The SMILES string of the molecule is CC(C)(C)c1ccccc1P(O)(=S)Sc1ncc(Br)cn1. The summed E-state index contributed by atoms with van der Waals surface area (Å²) in [5.74, 6) is 0. The summed E-state index contributed by atoms with van der Waals surface area (Å²) in [4.78, 5) is 19.2. The molecule has 1 N–H and O–H groups in total. The molecule has 112 valence electrons. The molecular formula is C14H16BrN2OPS2. The zero-order valence-corrected chi connectivity index (χ0v) is 16.1. The molecule has 0 bridgehead atoms. The van der Waals surface area contributed by atoms with Crippen LogP contribution < -0.4 is 5.30 Å². The Kier molecular flexibility index (Phi) is 5.27. The van der Waals surface area contributed by atoms with Gasteiger partial charge in [-0.15, -0.1) is 0 Å². The molecule has 0 saturated carbocycles. The highest BCUT2D eigenvalue weighted by molar-refractivity contribution is 9.10. The molecule has 0 fully saturated rings. The number of hydrogen-bond donors (Lipinski definition) is 1. The predicted molar refractivity (Wildman–Crippen MR) is 96.9 cm³/mol. The summed E-state index contributed by atoms with van der Waals surface area (Å²) in [7, 11) is 0. The van der Waals surface area contributed by atoms with Gasteiger partial charge >= 0.3 is 0 Å². The molecule has 0 aliphatic carbocycles. The minimum Gasteiger partial charge on any atom is -0.354 e. The summed E-state index contributed by atoms with van der Waals surface area (Å²) >= 11 is 9.99. The van der Waals surface area contributed by atoms with Gasteiger partial charge in [0.15, 0.2) is 10.6 Å². The van der Waals surface area contributed by atoms with Gasteiger partial charge in [0.1, 0.15) is 0 Å². The molecule has 1 atom stereocenters. The van der Waals surface area contributed by atoms with E-state index in [4.69, 9.17) is 11.8 Å². The molecule has 7 heteroatoms. The Balaban J connectivity index is 2.40. The van der Waals surface area contributed by atoms with Crippen molar-refractivity contribution in [3.8, 4) is 0 Å². The Morgan fingerprint density at radius 1 is 1.19 bits per heavy atom. The topological polar surface area (TPSA) is 46.0 Å². The van der Waals surface area contributed by atoms with Crippen LogP contribution in [0.2, 0.25) is 0 Å². The van der Waals surface area contributed by atoms with Gasteiger partial charge < -0.3 is 4.89 Å². The summed E-state index contributed by atoms with van der Waals surface area (Å²) in [5, 5.41) is 1.32. The van der Waals surface area contributed by atoms with E-state index in [9.17, 15) is 4.89 Å². The predicted octanol–water partition coefficient (Wildman–Crippen LogP) is 4.26. The lowest BCUT2D eigenvalue weighted by Gasteiger charge is -2.26. The number of nitrogens with zero attached hydrogens (tertiary/aromatic N) is 2. The maximum atomic E-state index is 10.8. The number of halogens is 1. The Labute approximate surface area is 142 Å². The Bertz CT molecular complexity index is 686. The molecule has 3 nitrogen and oxygen atoms in total. The quantitative estimate of drug-likeness (QED) is 0.613. The van der Waals surface area contributed by atoms with Crippen molar-refractivity contribution in [2.75, 3.05) is 0 Å². The van der Waals surface area contributed by atoms with E-state index in [1.54, 1.807) is 12.4 Å². The molecule has 1 aromatic carbocycles. The van der Waals surface area contributed by atoms with E-state index in [2.05, 4.69) is 46.7 Å². The zero-order valence-electron chi connectivity index (χ0n) is 11.9. The maximum Gasteiger partial charge on any atom is 0.194 e. The van der Waals surface area contributed by atoms with Gasteiger partial charge in [0, 0.05) is 17.7 Å². The summed E-state index contributed by atoms with van der Waals surface area (Å²) in [5.41, 5.74) is -1.82. The first-order valence-electron chi connectivity index (χ1n) is 6.30. The summed E-state index contributed by atoms with van der Waals surface area (Å²) in [6, 6.07) is 7.81. The third kappa shape index (κ3) is 4.36. The van der Waals surface area contributed by atoms with Gasteiger partial charge in [-0.3, -0.25) is 0 Å². The first kappa shape index (κ1) is 17.1. The first-order chi connectivity index (χ1) is 9.70. The zero-order chi connectivity index (χ0) is 15.7. The molecular weight excluding hydrogens is 387 g/mol. The number of aromatic nitrogens is 2. The van der Waals surface area contributed by atoms with Crippen molar-refractivity contribution in [1.82, 2.24) is 9.97 Å². The smallest absolute Gasteiger partial charge is 0.194 e. The maximum absolute atomic E-state index is 10.8. The van der Waals surface area contributed by atoms with Gasteiger partial charge in [0.25, 0.3) is 0 Å². The molecule has 2 aromatic rings. The second-order valence-electron chi connectivity index (χ2n) is 5.56. The average molecular weight is 403 g/mol. The van der Waals surface area contributed by atoms with Gasteiger partial charge in [-0.2, -0.15) is 0 Å². The van der Waals surface area contributed by atoms with Crippen LogP contribution in [0.4, 0.5) is 0 Å². The van der Waals surface area contributed by atoms with Crippen molar-refractivity contribution in [1.29, 1.82) is 0 Å². The molecule has 0 spiro atoms. The molecule has 0 radical (unpaired) electrons. The van der Waals surface area contributed by atoms with E-state index in [-0.39, 0.29) is 5.41 Å². The van der Waals surface area contributed by atoms with Crippen LogP contribution in [-0.4, -0.2) is 14.9 Å². The second-order valence-corrected chi connectivity index (χ2v) is 13.0. The van der Waals surface area contributed by atoms with Crippen molar-refractivity contribution < 1.29 is 4.89 Å². The minimum absolute atomic E-state index is 0.0789. The van der Waals surface area contributed by atoms with E-state index >= 15 is 0 Å². The number of benzene rings is 1. The van der Waals surface area contributed by atoms with Crippen molar-refractivity contribution >= 4 is 49.9 Å². The number of rotatable bonds is 3. The summed E-state index contributed by atoms with van der Waals surface area (Å²) in [6.07, 6.45) is 3.31. The molecule has 1 unspecified atom stereocenters. The first-order valence-corrected chi connectivity index (χ1v) is 11.3. The van der Waals surface area contributed by atoms with E-state index in [1.807, 2.05) is 24.3 Å². The molecule has 0 saturated heterocycles. The standard InChI is InChI=1S/C14H16BrN2OPS2/c1-14(2,3)11-6-4-5-7-12(11)19(18,20)21-13-16-8-10(15)9-17-13/h4-9H,1-3H3,(H,18,20). The molecule has 0 amide bonds. The normalized spacial score (nSPS) is 14.7. The molecule has 2 rings (SSSR count). The van der Waals surface area contributed by atoms with Crippen LogP contribution in [0.1, 0.15) is 26.3 Å². The fraction of sp³-hybridized carbons (Fsp3) is 0.286. The highest BCUT2D eigenvalue weighted by Crippen LogP contribution is 2.57. The van der Waals surface area contributed by atoms with Crippen LogP contribution in [0.3, 0.4) is 0 Å². The third-order valence-electron chi connectivity index (χ3n) is 2.82. The van der Waals surface area contributed by atoms with Crippen LogP contribution in [-0.2, 0) is 17.2 Å². The third-order valence-corrected chi connectivity index (χ3v) is 7.93. The highest BCUT2D eigenvalue weighted by Gasteiger charge is 2.27. The van der Waals surface area contributed by atoms with Crippen molar-refractivity contribution in [2.24, 2.45) is 0 Å². The molecule has 1 aromatic heterocycles. The van der Waals surface area contributed by atoms with Crippen LogP contribution >= 0.6 is 32.8 Å². The Morgan fingerprint density at radius 3 is 2.33 bits per heavy atom. The van der Waals surface area contributed by atoms with Crippen LogP contribution in [0.15, 0.2) is 46.3 Å².